The number of nitriles is 1. The summed E-state index contributed by atoms with van der Waals surface area (Å²) in [6.07, 6.45) is 0. The normalized spacial score (nSPS) is 10.4. The van der Waals surface area contributed by atoms with E-state index in [-0.39, 0.29) is 0 Å². The Bertz CT molecular complexity index is 527. The van der Waals surface area contributed by atoms with E-state index in [1.165, 1.54) is 0 Å². The Morgan fingerprint density at radius 2 is 2.29 bits per heavy atom. The molecule has 0 aliphatic heterocycles. The van der Waals surface area contributed by atoms with Gasteiger partial charge in [0.25, 0.3) is 0 Å². The van der Waals surface area contributed by atoms with E-state index in [9.17, 15) is 0 Å². The number of halogens is 2. The fraction of sp³-hybridized carbons (Fsp3) is 0.100. The summed E-state index contributed by atoms with van der Waals surface area (Å²) in [6, 6.07) is 6.06. The van der Waals surface area contributed by atoms with Crippen LogP contribution in [0, 0.1) is 11.3 Å². The van der Waals surface area contributed by atoms with Gasteiger partial charge < -0.3 is 0 Å². The van der Waals surface area contributed by atoms with Gasteiger partial charge in [0.1, 0.15) is 6.07 Å². The van der Waals surface area contributed by atoms with Crippen LogP contribution in [0.4, 0.5) is 0 Å². The minimum absolute atomic E-state index is 0.462. The zero-order chi connectivity index (χ0) is 10.1. The molecule has 1 heterocycles. The van der Waals surface area contributed by atoms with Crippen molar-refractivity contribution >= 4 is 49.0 Å². The number of rotatable bonds is 1. The highest BCUT2D eigenvalue weighted by Crippen LogP contribution is 2.34. The van der Waals surface area contributed by atoms with Crippen LogP contribution in [0.25, 0.3) is 10.1 Å². The summed E-state index contributed by atoms with van der Waals surface area (Å²) < 4.78 is 2.11. The molecule has 1 nitrogen and oxygen atoms in total. The summed E-state index contributed by atoms with van der Waals surface area (Å²) in [5.41, 5.74) is 1.79. The van der Waals surface area contributed by atoms with Gasteiger partial charge in [-0.2, -0.15) is 5.26 Å². The second-order valence-corrected chi connectivity index (χ2v) is 4.80. The third-order valence-electron chi connectivity index (χ3n) is 2.04. The summed E-state index contributed by atoms with van der Waals surface area (Å²) >= 11 is 10.9. The molecule has 14 heavy (non-hydrogen) atoms. The molecule has 0 atom stereocenters. The summed E-state index contributed by atoms with van der Waals surface area (Å²) in [5, 5.41) is 11.7. The average molecular weight is 287 g/mol. The molecule has 0 amide bonds. The number of hydrogen-bond acceptors (Lipinski definition) is 2. The molecule has 0 aliphatic rings. The van der Waals surface area contributed by atoms with Gasteiger partial charge >= 0.3 is 0 Å². The molecule has 0 fully saturated rings. The molecule has 1 aromatic carbocycles. The van der Waals surface area contributed by atoms with Crippen molar-refractivity contribution in [2.45, 2.75) is 5.88 Å². The third kappa shape index (κ3) is 1.44. The number of thiophene rings is 1. The molecule has 0 radical (unpaired) electrons. The van der Waals surface area contributed by atoms with Crippen molar-refractivity contribution in [2.75, 3.05) is 0 Å². The first-order valence-corrected chi connectivity index (χ1v) is 6.13. The molecule has 70 valence electrons. The molecule has 2 aromatic rings. The SMILES string of the molecule is N#Cc1csc2c(CCl)c(Br)ccc12. The van der Waals surface area contributed by atoms with Crippen LogP contribution in [0.2, 0.25) is 0 Å². The van der Waals surface area contributed by atoms with Crippen molar-refractivity contribution in [1.29, 1.82) is 5.26 Å². The van der Waals surface area contributed by atoms with E-state index in [1.807, 2.05) is 17.5 Å². The Kier molecular flexibility index (Phi) is 2.78. The summed E-state index contributed by atoms with van der Waals surface area (Å²) in [6.45, 7) is 0. The molecule has 0 saturated heterocycles. The smallest absolute Gasteiger partial charge is 0.101 e. The minimum Gasteiger partial charge on any atom is -0.192 e. The predicted octanol–water partition coefficient (Wildman–Crippen LogP) is 4.27. The van der Waals surface area contributed by atoms with Gasteiger partial charge in [-0.25, -0.2) is 0 Å². The number of hydrogen-bond donors (Lipinski definition) is 0. The molecular weight excluding hydrogens is 282 g/mol. The van der Waals surface area contributed by atoms with Gasteiger partial charge in [-0.3, -0.25) is 0 Å². The number of benzene rings is 1. The zero-order valence-electron chi connectivity index (χ0n) is 7.05. The molecule has 0 aliphatic carbocycles. The van der Waals surface area contributed by atoms with E-state index in [2.05, 4.69) is 22.0 Å². The quantitative estimate of drug-likeness (QED) is 0.718. The van der Waals surface area contributed by atoms with Crippen molar-refractivity contribution < 1.29 is 0 Å². The largest absolute Gasteiger partial charge is 0.192 e. The fourth-order valence-corrected chi connectivity index (χ4v) is 3.51. The lowest BCUT2D eigenvalue weighted by Crippen LogP contribution is -1.81. The maximum absolute atomic E-state index is 8.87. The second kappa shape index (κ2) is 3.90. The first-order chi connectivity index (χ1) is 6.77. The van der Waals surface area contributed by atoms with Crippen molar-refractivity contribution in [2.24, 2.45) is 0 Å². The number of fused-ring (bicyclic) bond motifs is 1. The topological polar surface area (TPSA) is 23.8 Å². The number of alkyl halides is 1. The second-order valence-electron chi connectivity index (χ2n) is 2.80. The van der Waals surface area contributed by atoms with Crippen LogP contribution in [-0.4, -0.2) is 0 Å². The first kappa shape index (κ1) is 9.97. The van der Waals surface area contributed by atoms with E-state index in [0.717, 1.165) is 25.7 Å². The predicted molar refractivity (Wildman–Crippen MR) is 63.8 cm³/mol. The maximum Gasteiger partial charge on any atom is 0.101 e. The molecular formula is C10H5BrClNS. The molecule has 4 heteroatoms. The van der Waals surface area contributed by atoms with Crippen molar-refractivity contribution in [1.82, 2.24) is 0 Å². The van der Waals surface area contributed by atoms with Gasteiger partial charge in [0.05, 0.1) is 5.56 Å². The van der Waals surface area contributed by atoms with Gasteiger partial charge in [-0.05, 0) is 11.6 Å². The molecule has 0 unspecified atom stereocenters. The van der Waals surface area contributed by atoms with Gasteiger partial charge in [0, 0.05) is 25.8 Å². The summed E-state index contributed by atoms with van der Waals surface area (Å²) in [7, 11) is 0. The van der Waals surface area contributed by atoms with E-state index < -0.39 is 0 Å². The van der Waals surface area contributed by atoms with Crippen LogP contribution in [0.3, 0.4) is 0 Å². The van der Waals surface area contributed by atoms with Crippen molar-refractivity contribution in [3.8, 4) is 6.07 Å². The Morgan fingerprint density at radius 1 is 1.50 bits per heavy atom. The van der Waals surface area contributed by atoms with E-state index in [1.54, 1.807) is 11.3 Å². The van der Waals surface area contributed by atoms with Crippen molar-refractivity contribution in [3.63, 3.8) is 0 Å². The lowest BCUT2D eigenvalue weighted by Gasteiger charge is -2.01. The number of nitrogens with zero attached hydrogens (tertiary/aromatic N) is 1. The lowest BCUT2D eigenvalue weighted by atomic mass is 10.1. The van der Waals surface area contributed by atoms with Gasteiger partial charge in [-0.15, -0.1) is 22.9 Å². The monoisotopic (exact) mass is 285 g/mol. The highest BCUT2D eigenvalue weighted by atomic mass is 79.9. The highest BCUT2D eigenvalue weighted by molar-refractivity contribution is 9.10. The highest BCUT2D eigenvalue weighted by Gasteiger charge is 2.09. The van der Waals surface area contributed by atoms with Gasteiger partial charge in [-0.1, -0.05) is 22.0 Å². The Morgan fingerprint density at radius 3 is 2.93 bits per heavy atom. The molecule has 1 aromatic heterocycles. The molecule has 0 saturated carbocycles. The fourth-order valence-electron chi connectivity index (χ4n) is 1.34. The third-order valence-corrected chi connectivity index (χ3v) is 4.11. The van der Waals surface area contributed by atoms with Gasteiger partial charge in [0.2, 0.25) is 0 Å². The average Bonchev–Trinajstić information content (AvgIpc) is 2.60. The van der Waals surface area contributed by atoms with Crippen LogP contribution < -0.4 is 0 Å². The minimum atomic E-state index is 0.462. The molecule has 0 bridgehead atoms. The Balaban J connectivity index is 2.85. The summed E-state index contributed by atoms with van der Waals surface area (Å²) in [5.74, 6) is 0.462. The maximum atomic E-state index is 8.87. The van der Waals surface area contributed by atoms with Crippen LogP contribution in [0.15, 0.2) is 22.0 Å². The lowest BCUT2D eigenvalue weighted by molar-refractivity contribution is 1.43. The van der Waals surface area contributed by atoms with E-state index in [0.29, 0.717) is 5.88 Å². The molecule has 2 rings (SSSR count). The van der Waals surface area contributed by atoms with E-state index >= 15 is 0 Å². The van der Waals surface area contributed by atoms with Crippen LogP contribution in [-0.2, 0) is 5.88 Å². The van der Waals surface area contributed by atoms with Crippen LogP contribution >= 0.6 is 38.9 Å². The van der Waals surface area contributed by atoms with Crippen molar-refractivity contribution in [3.05, 3.63) is 33.1 Å². The summed E-state index contributed by atoms with van der Waals surface area (Å²) in [4.78, 5) is 0. The first-order valence-electron chi connectivity index (χ1n) is 3.92. The van der Waals surface area contributed by atoms with Crippen LogP contribution in [0.5, 0.6) is 0 Å². The Hall–Kier alpha value is -0.560. The molecule has 0 spiro atoms. The van der Waals surface area contributed by atoms with Crippen LogP contribution in [0.1, 0.15) is 11.1 Å². The van der Waals surface area contributed by atoms with E-state index in [4.69, 9.17) is 16.9 Å². The standard InChI is InChI=1S/C10H5BrClNS/c11-9-2-1-7-6(4-13)5-14-10(7)8(9)3-12/h1-2,5H,3H2. The molecule has 0 N–H and O–H groups in total. The van der Waals surface area contributed by atoms with Gasteiger partial charge in [0.15, 0.2) is 0 Å². The Labute approximate surface area is 99.0 Å². The zero-order valence-corrected chi connectivity index (χ0v) is 10.2.